The van der Waals surface area contributed by atoms with E-state index in [4.69, 9.17) is 4.42 Å². The Morgan fingerprint density at radius 1 is 1.11 bits per heavy atom. The Hall–Kier alpha value is -3.02. The van der Waals surface area contributed by atoms with E-state index in [9.17, 15) is 4.79 Å². The quantitative estimate of drug-likeness (QED) is 0.714. The zero-order chi connectivity index (χ0) is 18.8. The Morgan fingerprint density at radius 2 is 1.93 bits per heavy atom. The number of pyridine rings is 1. The lowest BCUT2D eigenvalue weighted by molar-refractivity contribution is 0.0745. The number of furan rings is 1. The van der Waals surface area contributed by atoms with Crippen LogP contribution in [0.15, 0.2) is 53.3 Å². The molecule has 1 aliphatic rings. The van der Waals surface area contributed by atoms with Gasteiger partial charge in [-0.1, -0.05) is 6.07 Å². The largest absolute Gasteiger partial charge is 0.467 e. The van der Waals surface area contributed by atoms with Gasteiger partial charge < -0.3 is 18.8 Å². The second kappa shape index (κ2) is 7.31. The number of aryl methyl sites for hydroxylation is 1. The van der Waals surface area contributed by atoms with Crippen LogP contribution in [0.5, 0.6) is 0 Å². The van der Waals surface area contributed by atoms with Crippen molar-refractivity contribution in [1.29, 1.82) is 0 Å². The van der Waals surface area contributed by atoms with E-state index < -0.39 is 0 Å². The van der Waals surface area contributed by atoms with Gasteiger partial charge in [0.15, 0.2) is 0 Å². The summed E-state index contributed by atoms with van der Waals surface area (Å²) < 4.78 is 7.59. The number of nitrogens with zero attached hydrogens (tertiary/aromatic N) is 4. The maximum Gasteiger partial charge on any atom is 0.255 e. The van der Waals surface area contributed by atoms with Crippen LogP contribution in [0.1, 0.15) is 27.5 Å². The van der Waals surface area contributed by atoms with Crippen molar-refractivity contribution in [1.82, 2.24) is 14.5 Å². The van der Waals surface area contributed by atoms with Crippen molar-refractivity contribution >= 4 is 11.7 Å². The highest BCUT2D eigenvalue weighted by Gasteiger charge is 2.25. The van der Waals surface area contributed by atoms with Gasteiger partial charge in [-0.05, 0) is 44.2 Å². The number of carbonyl (C=O) groups is 1. The summed E-state index contributed by atoms with van der Waals surface area (Å²) in [6, 6.07) is 11.8. The molecule has 1 amide bonds. The van der Waals surface area contributed by atoms with E-state index in [1.165, 1.54) is 0 Å². The third kappa shape index (κ3) is 3.47. The molecule has 4 heterocycles. The highest BCUT2D eigenvalue weighted by Crippen LogP contribution is 2.21. The number of anilines is 1. The van der Waals surface area contributed by atoms with Gasteiger partial charge in [-0.3, -0.25) is 4.79 Å². The molecule has 1 fully saturated rings. The first-order valence-corrected chi connectivity index (χ1v) is 9.28. The number of carbonyl (C=O) groups excluding carboxylic acids is 1. The molecule has 0 N–H and O–H groups in total. The Bertz CT molecular complexity index is 907. The predicted octanol–water partition coefficient (Wildman–Crippen LogP) is 3.10. The van der Waals surface area contributed by atoms with Crippen molar-refractivity contribution in [3.8, 4) is 0 Å². The first-order valence-electron chi connectivity index (χ1n) is 9.28. The summed E-state index contributed by atoms with van der Waals surface area (Å²) >= 11 is 0. The highest BCUT2D eigenvalue weighted by molar-refractivity contribution is 5.96. The number of hydrogen-bond acceptors (Lipinski definition) is 4. The third-order valence-corrected chi connectivity index (χ3v) is 5.24. The molecule has 0 bridgehead atoms. The van der Waals surface area contributed by atoms with Crippen LogP contribution < -0.4 is 4.90 Å². The van der Waals surface area contributed by atoms with Crippen molar-refractivity contribution in [2.45, 2.75) is 20.4 Å². The van der Waals surface area contributed by atoms with Crippen LogP contribution in [-0.2, 0) is 6.54 Å². The molecule has 0 aromatic carbocycles. The molecule has 27 heavy (non-hydrogen) atoms. The Morgan fingerprint density at radius 3 is 2.59 bits per heavy atom. The monoisotopic (exact) mass is 364 g/mol. The molecule has 1 aliphatic heterocycles. The molecule has 0 aliphatic carbocycles. The van der Waals surface area contributed by atoms with Crippen molar-refractivity contribution in [2.24, 2.45) is 0 Å². The van der Waals surface area contributed by atoms with Crippen LogP contribution >= 0.6 is 0 Å². The second-order valence-corrected chi connectivity index (χ2v) is 6.92. The van der Waals surface area contributed by atoms with Gasteiger partial charge in [-0.15, -0.1) is 0 Å². The van der Waals surface area contributed by atoms with Gasteiger partial charge in [0.1, 0.15) is 11.6 Å². The van der Waals surface area contributed by atoms with Crippen LogP contribution in [-0.4, -0.2) is 46.5 Å². The number of amides is 1. The lowest BCUT2D eigenvalue weighted by Crippen LogP contribution is -2.49. The summed E-state index contributed by atoms with van der Waals surface area (Å²) in [5.74, 6) is 1.97. The summed E-state index contributed by atoms with van der Waals surface area (Å²) in [4.78, 5) is 21.7. The minimum atomic E-state index is 0.106. The lowest BCUT2D eigenvalue weighted by Gasteiger charge is -2.35. The molecule has 0 atom stereocenters. The summed E-state index contributed by atoms with van der Waals surface area (Å²) in [6.07, 6.45) is 3.48. The van der Waals surface area contributed by atoms with Crippen LogP contribution in [0.25, 0.3) is 0 Å². The molecule has 3 aromatic heterocycles. The first kappa shape index (κ1) is 17.4. The molecule has 3 aromatic rings. The molecule has 6 nitrogen and oxygen atoms in total. The normalized spacial score (nSPS) is 14.6. The summed E-state index contributed by atoms with van der Waals surface area (Å²) in [5, 5.41) is 0. The molecule has 0 saturated carbocycles. The fourth-order valence-electron chi connectivity index (χ4n) is 3.67. The van der Waals surface area contributed by atoms with Gasteiger partial charge in [0.25, 0.3) is 5.91 Å². The van der Waals surface area contributed by atoms with Crippen LogP contribution in [0, 0.1) is 13.8 Å². The number of aromatic nitrogens is 2. The highest BCUT2D eigenvalue weighted by atomic mass is 16.3. The minimum Gasteiger partial charge on any atom is -0.467 e. The molecular formula is C21H24N4O2. The fraction of sp³-hybridized carbons (Fsp3) is 0.333. The Kier molecular flexibility index (Phi) is 4.71. The number of hydrogen-bond donors (Lipinski definition) is 0. The zero-order valence-electron chi connectivity index (χ0n) is 15.8. The first-order chi connectivity index (χ1) is 13.1. The molecule has 0 spiro atoms. The molecule has 0 radical (unpaired) electrons. The van der Waals surface area contributed by atoms with Gasteiger partial charge >= 0.3 is 0 Å². The fourth-order valence-corrected chi connectivity index (χ4v) is 3.67. The summed E-state index contributed by atoms with van der Waals surface area (Å²) in [5.41, 5.74) is 2.84. The molecule has 0 unspecified atom stereocenters. The van der Waals surface area contributed by atoms with Gasteiger partial charge in [0.2, 0.25) is 0 Å². The van der Waals surface area contributed by atoms with Gasteiger partial charge in [0, 0.05) is 43.8 Å². The summed E-state index contributed by atoms with van der Waals surface area (Å²) in [6.45, 7) is 7.70. The van der Waals surface area contributed by atoms with Gasteiger partial charge in [0.05, 0.1) is 18.4 Å². The average Bonchev–Trinajstić information content (AvgIpc) is 3.32. The molecule has 1 saturated heterocycles. The Labute approximate surface area is 159 Å². The van der Waals surface area contributed by atoms with E-state index in [1.54, 1.807) is 12.5 Å². The molecular weight excluding hydrogens is 340 g/mol. The smallest absolute Gasteiger partial charge is 0.255 e. The standard InChI is InChI=1S/C21H24N4O2/c1-16-14-19(17(2)25(16)15-18-6-5-13-27-18)21(26)24-11-9-23(10-12-24)20-7-3-4-8-22-20/h3-8,13-14H,9-12,15H2,1-2H3. The van der Waals surface area contributed by atoms with Crippen molar-refractivity contribution in [3.05, 3.63) is 71.6 Å². The van der Waals surface area contributed by atoms with E-state index in [2.05, 4.69) is 14.5 Å². The van der Waals surface area contributed by atoms with E-state index in [0.717, 1.165) is 41.6 Å². The van der Waals surface area contributed by atoms with Crippen LogP contribution in [0.3, 0.4) is 0 Å². The van der Waals surface area contributed by atoms with E-state index in [0.29, 0.717) is 19.6 Å². The number of piperazine rings is 1. The second-order valence-electron chi connectivity index (χ2n) is 6.92. The van der Waals surface area contributed by atoms with E-state index in [-0.39, 0.29) is 5.91 Å². The summed E-state index contributed by atoms with van der Waals surface area (Å²) in [7, 11) is 0. The molecule has 140 valence electrons. The van der Waals surface area contributed by atoms with Crippen LogP contribution in [0.2, 0.25) is 0 Å². The lowest BCUT2D eigenvalue weighted by atomic mass is 10.2. The van der Waals surface area contributed by atoms with Gasteiger partial charge in [-0.2, -0.15) is 0 Å². The topological polar surface area (TPSA) is 54.5 Å². The predicted molar refractivity (Wildman–Crippen MR) is 104 cm³/mol. The maximum atomic E-state index is 13.1. The maximum absolute atomic E-state index is 13.1. The molecule has 4 rings (SSSR count). The average molecular weight is 364 g/mol. The van der Waals surface area contributed by atoms with Crippen molar-refractivity contribution in [2.75, 3.05) is 31.1 Å². The number of rotatable bonds is 4. The van der Waals surface area contributed by atoms with Crippen molar-refractivity contribution < 1.29 is 9.21 Å². The Balaban J connectivity index is 1.46. The minimum absolute atomic E-state index is 0.106. The molecule has 6 heteroatoms. The van der Waals surface area contributed by atoms with Crippen LogP contribution in [0.4, 0.5) is 5.82 Å². The third-order valence-electron chi connectivity index (χ3n) is 5.24. The van der Waals surface area contributed by atoms with E-state index in [1.807, 2.05) is 55.1 Å². The van der Waals surface area contributed by atoms with Crippen molar-refractivity contribution in [3.63, 3.8) is 0 Å². The zero-order valence-corrected chi connectivity index (χ0v) is 15.8. The van der Waals surface area contributed by atoms with E-state index >= 15 is 0 Å². The van der Waals surface area contributed by atoms with Gasteiger partial charge in [-0.25, -0.2) is 4.98 Å². The SMILES string of the molecule is Cc1cc(C(=O)N2CCN(c3ccccn3)CC2)c(C)n1Cc1ccco1.